The van der Waals surface area contributed by atoms with E-state index in [-0.39, 0.29) is 65.8 Å². The number of halogens is 3. The van der Waals surface area contributed by atoms with Crippen molar-refractivity contribution in [1.82, 2.24) is 15.2 Å². The Hall–Kier alpha value is -3.96. The molecule has 7 rings (SSSR count). The highest BCUT2D eigenvalue weighted by Crippen LogP contribution is 2.60. The Morgan fingerprint density at radius 3 is 2.66 bits per heavy atom. The van der Waals surface area contributed by atoms with E-state index in [1.165, 1.54) is 12.1 Å². The van der Waals surface area contributed by atoms with Crippen molar-refractivity contribution >= 4 is 17.5 Å². The fraction of sp³-hybridized carbons (Fsp3) is 0.424. The zero-order valence-corrected chi connectivity index (χ0v) is 24.4. The van der Waals surface area contributed by atoms with Crippen LogP contribution in [0.2, 0.25) is 0 Å². The molecule has 1 saturated carbocycles. The lowest BCUT2D eigenvalue weighted by Crippen LogP contribution is -2.53. The molecule has 1 aromatic heterocycles. The summed E-state index contributed by atoms with van der Waals surface area (Å²) in [5.74, 6) is 1.87. The summed E-state index contributed by atoms with van der Waals surface area (Å²) in [4.78, 5) is 31.3. The summed E-state index contributed by atoms with van der Waals surface area (Å²) in [6.07, 6.45) is -2.19. The Kier molecular flexibility index (Phi) is 7.12. The number of hydrogen-bond donors (Lipinski definition) is 2. The second-order valence-electron chi connectivity index (χ2n) is 12.4. The number of ketones is 1. The van der Waals surface area contributed by atoms with Gasteiger partial charge in [0.1, 0.15) is 29.2 Å². The fourth-order valence-electron chi connectivity index (χ4n) is 7.03. The molecule has 0 bridgehead atoms. The van der Waals surface area contributed by atoms with Crippen LogP contribution in [0, 0.1) is 5.92 Å². The second-order valence-corrected chi connectivity index (χ2v) is 12.4. The summed E-state index contributed by atoms with van der Waals surface area (Å²) >= 11 is 0. The first-order valence-corrected chi connectivity index (χ1v) is 15.0. The van der Waals surface area contributed by atoms with E-state index in [0.29, 0.717) is 43.2 Å². The van der Waals surface area contributed by atoms with Crippen molar-refractivity contribution in [2.45, 2.75) is 69.9 Å². The molecule has 1 saturated heterocycles. The molecule has 4 heterocycles. The van der Waals surface area contributed by atoms with Gasteiger partial charge in [0.2, 0.25) is 5.91 Å². The van der Waals surface area contributed by atoms with Crippen molar-refractivity contribution in [1.29, 1.82) is 0 Å². The molecule has 4 aliphatic rings. The van der Waals surface area contributed by atoms with Gasteiger partial charge in [0.15, 0.2) is 5.78 Å². The van der Waals surface area contributed by atoms with Crippen LogP contribution in [0.15, 0.2) is 48.7 Å². The molecule has 8 nitrogen and oxygen atoms in total. The van der Waals surface area contributed by atoms with Gasteiger partial charge in [0, 0.05) is 79.3 Å². The van der Waals surface area contributed by atoms with Gasteiger partial charge in [-0.15, -0.1) is 0 Å². The third-order valence-corrected chi connectivity index (χ3v) is 8.99. The van der Waals surface area contributed by atoms with Gasteiger partial charge in [-0.25, -0.2) is 4.98 Å². The molecule has 44 heavy (non-hydrogen) atoms. The first-order chi connectivity index (χ1) is 21.0. The molecule has 0 spiro atoms. The van der Waals surface area contributed by atoms with Gasteiger partial charge in [-0.3, -0.25) is 14.5 Å². The number of benzene rings is 2. The molecular weight excluding hydrogens is 573 g/mol. The van der Waals surface area contributed by atoms with Crippen LogP contribution in [0.5, 0.6) is 17.2 Å². The number of carbonyl (C=O) groups excluding carboxylic acids is 2. The summed E-state index contributed by atoms with van der Waals surface area (Å²) in [6.45, 7) is 5.54. The van der Waals surface area contributed by atoms with Crippen molar-refractivity contribution in [3.8, 4) is 17.2 Å². The summed E-state index contributed by atoms with van der Waals surface area (Å²) in [5, 5.41) is 6.16. The number of amides is 1. The number of carbonyl (C=O) groups is 2. The van der Waals surface area contributed by atoms with Crippen LogP contribution in [-0.4, -0.2) is 52.9 Å². The number of nitrogens with one attached hydrogen (secondary N) is 2. The number of hydrogen-bond acceptors (Lipinski definition) is 7. The maximum atomic E-state index is 14.1. The van der Waals surface area contributed by atoms with E-state index in [9.17, 15) is 22.8 Å². The van der Waals surface area contributed by atoms with E-state index >= 15 is 0 Å². The lowest BCUT2D eigenvalue weighted by molar-refractivity contribution is -0.138. The van der Waals surface area contributed by atoms with E-state index in [1.54, 1.807) is 18.3 Å². The molecule has 0 radical (unpaired) electrons. The Morgan fingerprint density at radius 2 is 1.89 bits per heavy atom. The van der Waals surface area contributed by atoms with Gasteiger partial charge in [-0.2, -0.15) is 13.2 Å². The monoisotopic (exact) mass is 606 g/mol. The van der Waals surface area contributed by atoms with Crippen molar-refractivity contribution < 1.29 is 32.2 Å². The van der Waals surface area contributed by atoms with Crippen LogP contribution in [0.25, 0.3) is 0 Å². The van der Waals surface area contributed by atoms with E-state index in [4.69, 9.17) is 9.47 Å². The quantitative estimate of drug-likeness (QED) is 0.333. The van der Waals surface area contributed by atoms with Gasteiger partial charge < -0.3 is 20.1 Å². The standard InChI is InChI=1S/C33H33F3N4O4/c1-17-14-40(15-18(2)38-17)16-20-4-3-19(11-25(20)33(34,35)36)26(41)13-24-30-23-12-21(5-7-27(23)44-31(24)30)43-28-9-10-37-32-22(28)6-8-29(42)39-32/h3-5,7,9-12,17-18,24,30-31,38H,6,8,13-16H2,1-2H3,(H,37,39,42)/t17?,18?,24-,30-,31+/m0/s1. The van der Waals surface area contributed by atoms with Crippen LogP contribution >= 0.6 is 0 Å². The predicted octanol–water partition coefficient (Wildman–Crippen LogP) is 5.71. The Bertz CT molecular complexity index is 1630. The van der Waals surface area contributed by atoms with Crippen molar-refractivity contribution in [2.24, 2.45) is 5.92 Å². The predicted molar refractivity (Wildman–Crippen MR) is 156 cm³/mol. The van der Waals surface area contributed by atoms with Crippen molar-refractivity contribution in [3.63, 3.8) is 0 Å². The van der Waals surface area contributed by atoms with Crippen molar-refractivity contribution in [3.05, 3.63) is 76.5 Å². The first-order valence-electron chi connectivity index (χ1n) is 15.0. The van der Waals surface area contributed by atoms with Crippen LogP contribution in [0.3, 0.4) is 0 Å². The van der Waals surface area contributed by atoms with Gasteiger partial charge in [0.05, 0.1) is 5.56 Å². The summed E-state index contributed by atoms with van der Waals surface area (Å²) < 4.78 is 54.7. The zero-order chi connectivity index (χ0) is 30.7. The van der Waals surface area contributed by atoms with Crippen LogP contribution in [0.1, 0.15) is 65.2 Å². The minimum absolute atomic E-state index is 0.0267. The SMILES string of the molecule is CC1CN(Cc2ccc(C(=O)C[C@@H]3[C@H]4Oc5ccc(Oc6ccnc7c6CCC(=O)N7)cc5[C@@H]34)cc2C(F)(F)F)CC(C)N1. The highest BCUT2D eigenvalue weighted by molar-refractivity contribution is 5.97. The normalized spacial score (nSPS) is 25.8. The number of ether oxygens (including phenoxy) is 2. The van der Waals surface area contributed by atoms with Gasteiger partial charge >= 0.3 is 6.18 Å². The molecule has 1 amide bonds. The number of nitrogens with zero attached hydrogens (tertiary/aromatic N) is 2. The first kappa shape index (κ1) is 28.8. The third kappa shape index (κ3) is 5.54. The summed E-state index contributed by atoms with van der Waals surface area (Å²) in [7, 11) is 0. The van der Waals surface area contributed by atoms with Crippen molar-refractivity contribution in [2.75, 3.05) is 18.4 Å². The number of Topliss-reactive ketones (excluding diaryl/α,β-unsaturated/α-hetero) is 1. The minimum Gasteiger partial charge on any atom is -0.489 e. The molecular formula is C33H33F3N4O4. The minimum atomic E-state index is -4.56. The molecule has 2 unspecified atom stereocenters. The smallest absolute Gasteiger partial charge is 0.416 e. The van der Waals surface area contributed by atoms with Gasteiger partial charge in [-0.1, -0.05) is 12.1 Å². The molecule has 2 fully saturated rings. The van der Waals surface area contributed by atoms with E-state index < -0.39 is 11.7 Å². The van der Waals surface area contributed by atoms with E-state index in [0.717, 1.165) is 22.9 Å². The average Bonchev–Trinajstić information content (AvgIpc) is 3.48. The maximum Gasteiger partial charge on any atom is 0.416 e. The third-order valence-electron chi connectivity index (χ3n) is 8.99. The lowest BCUT2D eigenvalue weighted by Gasteiger charge is -2.36. The molecule has 230 valence electrons. The average molecular weight is 607 g/mol. The Morgan fingerprint density at radius 1 is 1.09 bits per heavy atom. The van der Waals surface area contributed by atoms with E-state index in [2.05, 4.69) is 15.6 Å². The van der Waals surface area contributed by atoms with Gasteiger partial charge in [0.25, 0.3) is 0 Å². The highest BCUT2D eigenvalue weighted by atomic mass is 19.4. The zero-order valence-electron chi connectivity index (χ0n) is 24.4. The van der Waals surface area contributed by atoms with Gasteiger partial charge in [-0.05, 0) is 56.2 Å². The number of rotatable bonds is 7. The second kappa shape index (κ2) is 10.9. The molecule has 5 atom stereocenters. The fourth-order valence-corrected chi connectivity index (χ4v) is 7.03. The highest BCUT2D eigenvalue weighted by Gasteiger charge is 2.59. The molecule has 11 heteroatoms. The number of fused-ring (bicyclic) bond motifs is 4. The number of piperazine rings is 1. The topological polar surface area (TPSA) is 92.8 Å². The Balaban J connectivity index is 1.04. The Labute approximate surface area is 252 Å². The summed E-state index contributed by atoms with van der Waals surface area (Å²) in [6, 6.07) is 11.7. The number of anilines is 1. The van der Waals surface area contributed by atoms with E-state index in [1.807, 2.05) is 30.9 Å². The largest absolute Gasteiger partial charge is 0.489 e. The molecule has 2 N–H and O–H groups in total. The number of alkyl halides is 3. The van der Waals surface area contributed by atoms with Crippen LogP contribution in [0.4, 0.5) is 19.0 Å². The van der Waals surface area contributed by atoms with Crippen LogP contribution < -0.4 is 20.1 Å². The maximum absolute atomic E-state index is 14.1. The molecule has 1 aliphatic carbocycles. The summed E-state index contributed by atoms with van der Waals surface area (Å²) in [5.41, 5.74) is 1.26. The number of pyridine rings is 1. The number of aromatic nitrogens is 1. The molecule has 3 aliphatic heterocycles. The molecule has 3 aromatic rings. The van der Waals surface area contributed by atoms with Crippen LogP contribution in [-0.2, 0) is 23.9 Å². The molecule has 2 aromatic carbocycles. The lowest BCUT2D eigenvalue weighted by atomic mass is 9.97.